The lowest BCUT2D eigenvalue weighted by Gasteiger charge is -2.56. The van der Waals surface area contributed by atoms with Crippen molar-refractivity contribution < 1.29 is 9.59 Å². The van der Waals surface area contributed by atoms with Crippen LogP contribution in [0.15, 0.2) is 5.38 Å². The summed E-state index contributed by atoms with van der Waals surface area (Å²) >= 11 is 1.45. The number of carbonyl (C=O) groups excluding carboxylic acids is 2. The molecular formula is C20H29N3O2S. The van der Waals surface area contributed by atoms with Gasteiger partial charge in [0.05, 0.1) is 5.69 Å². The number of amides is 2. The van der Waals surface area contributed by atoms with E-state index in [4.69, 9.17) is 4.98 Å². The van der Waals surface area contributed by atoms with Crippen LogP contribution in [0.3, 0.4) is 0 Å². The standard InChI is InChI=1S/C20H29N3O2S/c1-12(2)3-4-21-17(24)18(25)23-19-22-16(11-26-19)20-8-13-5-14(9-20)7-15(6-13)10-20/h11-15H,3-10H2,1-2H3,(H,21,24)(H,22,23,25). The molecule has 2 N–H and O–H groups in total. The first-order chi connectivity index (χ1) is 12.4. The Morgan fingerprint density at radius 2 is 1.77 bits per heavy atom. The van der Waals surface area contributed by atoms with Gasteiger partial charge in [0.2, 0.25) is 0 Å². The molecule has 142 valence electrons. The summed E-state index contributed by atoms with van der Waals surface area (Å²) in [6.07, 6.45) is 8.85. The Bertz CT molecular complexity index is 662. The number of hydrogen-bond donors (Lipinski definition) is 2. The van der Waals surface area contributed by atoms with Gasteiger partial charge in [0, 0.05) is 17.3 Å². The van der Waals surface area contributed by atoms with Crippen LogP contribution in [0, 0.1) is 23.7 Å². The number of aromatic nitrogens is 1. The molecule has 0 radical (unpaired) electrons. The Morgan fingerprint density at radius 1 is 1.15 bits per heavy atom. The van der Waals surface area contributed by atoms with Crippen molar-refractivity contribution >= 4 is 28.3 Å². The highest BCUT2D eigenvalue weighted by Crippen LogP contribution is 2.60. The van der Waals surface area contributed by atoms with E-state index in [1.54, 1.807) is 0 Å². The topological polar surface area (TPSA) is 71.1 Å². The van der Waals surface area contributed by atoms with E-state index in [2.05, 4.69) is 29.9 Å². The molecule has 4 aliphatic rings. The van der Waals surface area contributed by atoms with Crippen molar-refractivity contribution in [2.75, 3.05) is 11.9 Å². The molecule has 0 atom stereocenters. The molecular weight excluding hydrogens is 346 g/mol. The number of carbonyl (C=O) groups is 2. The highest BCUT2D eigenvalue weighted by Gasteiger charge is 2.52. The van der Waals surface area contributed by atoms with Crippen LogP contribution in [0.2, 0.25) is 0 Å². The van der Waals surface area contributed by atoms with E-state index in [0.717, 1.165) is 29.9 Å². The quantitative estimate of drug-likeness (QED) is 0.771. The maximum atomic E-state index is 12.1. The number of nitrogens with one attached hydrogen (secondary N) is 2. The van der Waals surface area contributed by atoms with Crippen molar-refractivity contribution in [2.24, 2.45) is 23.7 Å². The Labute approximate surface area is 159 Å². The van der Waals surface area contributed by atoms with Gasteiger partial charge in [-0.2, -0.15) is 0 Å². The van der Waals surface area contributed by atoms with Gasteiger partial charge in [-0.05, 0) is 68.6 Å². The zero-order chi connectivity index (χ0) is 18.3. The average molecular weight is 376 g/mol. The number of thiazole rings is 1. The summed E-state index contributed by atoms with van der Waals surface area (Å²) in [5.74, 6) is 1.92. The second kappa shape index (κ2) is 6.95. The van der Waals surface area contributed by atoms with Crippen molar-refractivity contribution in [3.63, 3.8) is 0 Å². The van der Waals surface area contributed by atoms with Crippen LogP contribution in [0.25, 0.3) is 0 Å². The van der Waals surface area contributed by atoms with Gasteiger partial charge in [0.25, 0.3) is 0 Å². The van der Waals surface area contributed by atoms with Gasteiger partial charge in [0.1, 0.15) is 0 Å². The molecule has 6 heteroatoms. The fourth-order valence-electron chi connectivity index (χ4n) is 5.71. The van der Waals surface area contributed by atoms with Crippen LogP contribution < -0.4 is 10.6 Å². The molecule has 0 spiro atoms. The van der Waals surface area contributed by atoms with Crippen molar-refractivity contribution in [2.45, 2.75) is 64.2 Å². The van der Waals surface area contributed by atoms with E-state index in [9.17, 15) is 9.59 Å². The third-order valence-corrected chi connectivity index (χ3v) is 7.28. The van der Waals surface area contributed by atoms with Gasteiger partial charge in [-0.1, -0.05) is 13.8 Å². The van der Waals surface area contributed by atoms with E-state index < -0.39 is 11.8 Å². The van der Waals surface area contributed by atoms with Crippen molar-refractivity contribution in [3.8, 4) is 0 Å². The fraction of sp³-hybridized carbons (Fsp3) is 0.750. The second-order valence-electron chi connectivity index (χ2n) is 9.13. The van der Waals surface area contributed by atoms with Gasteiger partial charge in [0.15, 0.2) is 5.13 Å². The summed E-state index contributed by atoms with van der Waals surface area (Å²) in [4.78, 5) is 28.7. The highest BCUT2D eigenvalue weighted by atomic mass is 32.1. The first-order valence-corrected chi connectivity index (χ1v) is 10.9. The van der Waals surface area contributed by atoms with Crippen molar-refractivity contribution in [1.29, 1.82) is 0 Å². The lowest BCUT2D eigenvalue weighted by atomic mass is 9.49. The minimum atomic E-state index is -0.611. The highest BCUT2D eigenvalue weighted by molar-refractivity contribution is 7.14. The molecule has 5 nitrogen and oxygen atoms in total. The van der Waals surface area contributed by atoms with Gasteiger partial charge >= 0.3 is 11.8 Å². The summed E-state index contributed by atoms with van der Waals surface area (Å²) in [5, 5.41) is 8.03. The first kappa shape index (κ1) is 18.0. The zero-order valence-electron chi connectivity index (χ0n) is 15.7. The third-order valence-electron chi connectivity index (χ3n) is 6.52. The Balaban J connectivity index is 1.38. The maximum absolute atomic E-state index is 12.1. The molecule has 2 amide bonds. The predicted octanol–water partition coefficient (Wildman–Crippen LogP) is 3.71. The normalized spacial score (nSPS) is 32.0. The summed E-state index contributed by atoms with van der Waals surface area (Å²) in [6, 6.07) is 0. The Kier molecular flexibility index (Phi) is 4.80. The molecule has 4 fully saturated rings. The van der Waals surface area contributed by atoms with E-state index in [0.29, 0.717) is 17.6 Å². The molecule has 0 saturated heterocycles. The van der Waals surface area contributed by atoms with Gasteiger partial charge < -0.3 is 5.32 Å². The fourth-order valence-corrected chi connectivity index (χ4v) is 6.54. The molecule has 5 rings (SSSR count). The largest absolute Gasteiger partial charge is 0.348 e. The second-order valence-corrected chi connectivity index (χ2v) is 9.99. The maximum Gasteiger partial charge on any atom is 0.315 e. The van der Waals surface area contributed by atoms with Gasteiger partial charge in [-0.3, -0.25) is 14.9 Å². The van der Waals surface area contributed by atoms with Gasteiger partial charge in [-0.25, -0.2) is 4.98 Å². The van der Waals surface area contributed by atoms with Crippen molar-refractivity contribution in [1.82, 2.24) is 10.3 Å². The summed E-state index contributed by atoms with van der Waals surface area (Å²) in [5.41, 5.74) is 1.38. The lowest BCUT2D eigenvalue weighted by Crippen LogP contribution is -2.48. The first-order valence-electron chi connectivity index (χ1n) is 9.99. The molecule has 4 aliphatic carbocycles. The molecule has 0 unspecified atom stereocenters. The van der Waals surface area contributed by atoms with Crippen LogP contribution in [0.1, 0.15) is 64.5 Å². The van der Waals surface area contributed by atoms with Crippen LogP contribution in [0.4, 0.5) is 5.13 Å². The smallest absolute Gasteiger partial charge is 0.315 e. The summed E-state index contributed by atoms with van der Waals surface area (Å²) < 4.78 is 0. The SMILES string of the molecule is CC(C)CCNC(=O)C(=O)Nc1nc(C23CC4CC(CC(C4)C2)C3)cs1. The molecule has 1 aromatic rings. The predicted molar refractivity (Wildman–Crippen MR) is 103 cm³/mol. The number of hydrogen-bond acceptors (Lipinski definition) is 4. The van der Waals surface area contributed by atoms with E-state index in [1.165, 1.54) is 49.9 Å². The Hall–Kier alpha value is -1.43. The molecule has 1 heterocycles. The summed E-state index contributed by atoms with van der Waals surface area (Å²) in [7, 11) is 0. The molecule has 4 saturated carbocycles. The van der Waals surface area contributed by atoms with E-state index >= 15 is 0 Å². The van der Waals surface area contributed by atoms with Gasteiger partial charge in [-0.15, -0.1) is 11.3 Å². The number of anilines is 1. The van der Waals surface area contributed by atoms with E-state index in [1.807, 2.05) is 0 Å². The van der Waals surface area contributed by atoms with Crippen LogP contribution in [-0.4, -0.2) is 23.3 Å². The molecule has 26 heavy (non-hydrogen) atoms. The van der Waals surface area contributed by atoms with Crippen LogP contribution in [0.5, 0.6) is 0 Å². The minimum absolute atomic E-state index is 0.230. The number of nitrogens with zero attached hydrogens (tertiary/aromatic N) is 1. The minimum Gasteiger partial charge on any atom is -0.348 e. The van der Waals surface area contributed by atoms with Crippen LogP contribution in [-0.2, 0) is 15.0 Å². The molecule has 0 aliphatic heterocycles. The lowest BCUT2D eigenvalue weighted by molar-refractivity contribution is -0.136. The summed E-state index contributed by atoms with van der Waals surface area (Å²) in [6.45, 7) is 4.71. The molecule has 1 aromatic heterocycles. The third kappa shape index (κ3) is 3.53. The monoisotopic (exact) mass is 375 g/mol. The van der Waals surface area contributed by atoms with Crippen LogP contribution >= 0.6 is 11.3 Å². The Morgan fingerprint density at radius 3 is 2.35 bits per heavy atom. The molecule has 4 bridgehead atoms. The number of rotatable bonds is 5. The van der Waals surface area contributed by atoms with Crippen molar-refractivity contribution in [3.05, 3.63) is 11.1 Å². The van der Waals surface area contributed by atoms with E-state index in [-0.39, 0.29) is 5.41 Å². The molecule has 0 aromatic carbocycles. The zero-order valence-corrected chi connectivity index (χ0v) is 16.5. The average Bonchev–Trinajstić information content (AvgIpc) is 3.02.